The van der Waals surface area contributed by atoms with Gasteiger partial charge in [-0.05, 0) is 71.9 Å². The standard InChI is InChI=1S/C21H20BrClN4O3S/c1-4-26(5-2)18-9-7-15(27(29)30)10-13(18)11-19-20(28)25(3)21(31-19)24-14-6-8-16(22)17(23)12-14/h6-12H,4-5H2,1-3H3/b19-11+,24-21?. The molecule has 0 unspecified atom stereocenters. The molecule has 10 heteroatoms. The summed E-state index contributed by atoms with van der Waals surface area (Å²) in [6.07, 6.45) is 1.70. The quantitative estimate of drug-likeness (QED) is 0.260. The van der Waals surface area contributed by atoms with Gasteiger partial charge < -0.3 is 4.90 Å². The van der Waals surface area contributed by atoms with Crippen LogP contribution in [-0.4, -0.2) is 41.0 Å². The minimum absolute atomic E-state index is 0.0232. The van der Waals surface area contributed by atoms with E-state index in [-0.39, 0.29) is 11.6 Å². The molecule has 1 aliphatic rings. The molecule has 1 heterocycles. The molecule has 7 nitrogen and oxygen atoms in total. The topological polar surface area (TPSA) is 79.0 Å². The van der Waals surface area contributed by atoms with Crippen LogP contribution < -0.4 is 4.90 Å². The van der Waals surface area contributed by atoms with Gasteiger partial charge in [0.15, 0.2) is 5.17 Å². The van der Waals surface area contributed by atoms with E-state index in [0.717, 1.165) is 23.2 Å². The van der Waals surface area contributed by atoms with Gasteiger partial charge in [-0.25, -0.2) is 4.99 Å². The smallest absolute Gasteiger partial charge is 0.270 e. The molecule has 1 amide bonds. The summed E-state index contributed by atoms with van der Waals surface area (Å²) in [4.78, 5) is 32.2. The second-order valence-corrected chi connectivity index (χ2v) is 8.91. The number of amides is 1. The van der Waals surface area contributed by atoms with Crippen LogP contribution in [0.2, 0.25) is 5.02 Å². The fourth-order valence-corrected chi connectivity index (χ4v) is 4.48. The Bertz CT molecular complexity index is 1100. The van der Waals surface area contributed by atoms with Crippen molar-refractivity contribution < 1.29 is 9.72 Å². The highest BCUT2D eigenvalue weighted by molar-refractivity contribution is 9.10. The lowest BCUT2D eigenvalue weighted by Gasteiger charge is -2.23. The number of non-ortho nitro benzene ring substituents is 1. The fourth-order valence-electron chi connectivity index (χ4n) is 3.08. The molecule has 0 radical (unpaired) electrons. The summed E-state index contributed by atoms with van der Waals surface area (Å²) in [7, 11) is 1.65. The van der Waals surface area contributed by atoms with Crippen LogP contribution in [0.3, 0.4) is 0 Å². The average Bonchev–Trinajstić information content (AvgIpc) is 3.00. The first-order chi connectivity index (χ1) is 14.7. The Hall–Kier alpha value is -2.36. The van der Waals surface area contributed by atoms with Crippen LogP contribution in [-0.2, 0) is 4.79 Å². The van der Waals surface area contributed by atoms with Crippen LogP contribution in [0.25, 0.3) is 6.08 Å². The molecule has 0 saturated carbocycles. The molecule has 0 aliphatic carbocycles. The Morgan fingerprint density at radius 1 is 1.26 bits per heavy atom. The van der Waals surface area contributed by atoms with Crippen molar-refractivity contribution in [1.29, 1.82) is 0 Å². The van der Waals surface area contributed by atoms with Crippen molar-refractivity contribution in [2.45, 2.75) is 13.8 Å². The molecule has 0 atom stereocenters. The number of likely N-dealkylation sites (N-methyl/N-ethyl adjacent to an activating group) is 1. The van der Waals surface area contributed by atoms with E-state index in [4.69, 9.17) is 11.6 Å². The Morgan fingerprint density at radius 3 is 2.58 bits per heavy atom. The van der Waals surface area contributed by atoms with E-state index < -0.39 is 4.92 Å². The molecule has 0 aromatic heterocycles. The number of thioether (sulfide) groups is 1. The first-order valence-electron chi connectivity index (χ1n) is 9.49. The zero-order chi connectivity index (χ0) is 22.7. The van der Waals surface area contributed by atoms with Crippen molar-refractivity contribution in [3.05, 3.63) is 66.5 Å². The molecule has 162 valence electrons. The van der Waals surface area contributed by atoms with Crippen molar-refractivity contribution in [2.24, 2.45) is 4.99 Å². The van der Waals surface area contributed by atoms with E-state index in [2.05, 4.69) is 25.8 Å². The second-order valence-electron chi connectivity index (χ2n) is 6.64. The molecule has 2 aromatic carbocycles. The molecule has 0 spiro atoms. The number of rotatable bonds is 6. The molecule has 0 N–H and O–H groups in total. The van der Waals surface area contributed by atoms with E-state index in [1.807, 2.05) is 13.8 Å². The number of carbonyl (C=O) groups is 1. The summed E-state index contributed by atoms with van der Waals surface area (Å²) in [6.45, 7) is 5.50. The van der Waals surface area contributed by atoms with E-state index in [0.29, 0.717) is 26.3 Å². The summed E-state index contributed by atoms with van der Waals surface area (Å²) in [5.41, 5.74) is 2.06. The third-order valence-electron chi connectivity index (χ3n) is 4.74. The Labute approximate surface area is 198 Å². The van der Waals surface area contributed by atoms with Gasteiger partial charge in [-0.15, -0.1) is 0 Å². The molecular formula is C21H20BrClN4O3S. The lowest BCUT2D eigenvalue weighted by atomic mass is 10.1. The summed E-state index contributed by atoms with van der Waals surface area (Å²) in [5, 5.41) is 12.3. The van der Waals surface area contributed by atoms with Crippen molar-refractivity contribution in [2.75, 3.05) is 25.0 Å². The van der Waals surface area contributed by atoms with E-state index in [9.17, 15) is 14.9 Å². The van der Waals surface area contributed by atoms with E-state index in [1.165, 1.54) is 28.8 Å². The SMILES string of the molecule is CCN(CC)c1ccc([N+](=O)[O-])cc1/C=C1/SC(=Nc2ccc(Br)c(Cl)c2)N(C)C1=O. The van der Waals surface area contributed by atoms with Gasteiger partial charge in [0.1, 0.15) is 0 Å². The first kappa shape index (κ1) is 23.3. The molecule has 2 aromatic rings. The third-order valence-corrected chi connectivity index (χ3v) is 7.04. The van der Waals surface area contributed by atoms with Gasteiger partial charge in [-0.3, -0.25) is 19.8 Å². The minimum Gasteiger partial charge on any atom is -0.372 e. The maximum Gasteiger partial charge on any atom is 0.270 e. The number of hydrogen-bond donors (Lipinski definition) is 0. The number of carbonyl (C=O) groups excluding carboxylic acids is 1. The van der Waals surface area contributed by atoms with Crippen molar-refractivity contribution in [1.82, 2.24) is 4.90 Å². The van der Waals surface area contributed by atoms with Gasteiger partial charge in [0.25, 0.3) is 11.6 Å². The normalized spacial score (nSPS) is 16.4. The summed E-state index contributed by atoms with van der Waals surface area (Å²) in [6, 6.07) is 10.00. The number of nitrogens with zero attached hydrogens (tertiary/aromatic N) is 4. The monoisotopic (exact) mass is 522 g/mol. The molecule has 1 aliphatic heterocycles. The number of anilines is 1. The number of nitro benzene ring substituents is 1. The fraction of sp³-hybridized carbons (Fsp3) is 0.238. The van der Waals surface area contributed by atoms with Crippen LogP contribution in [0.5, 0.6) is 0 Å². The number of benzene rings is 2. The molecular weight excluding hydrogens is 504 g/mol. The van der Waals surface area contributed by atoms with Gasteiger partial charge in [0.2, 0.25) is 0 Å². The van der Waals surface area contributed by atoms with E-state index >= 15 is 0 Å². The van der Waals surface area contributed by atoms with Crippen LogP contribution in [0, 0.1) is 10.1 Å². The summed E-state index contributed by atoms with van der Waals surface area (Å²) < 4.78 is 0.761. The molecule has 1 saturated heterocycles. The maximum atomic E-state index is 12.8. The van der Waals surface area contributed by atoms with Gasteiger partial charge in [-0.2, -0.15) is 0 Å². The highest BCUT2D eigenvalue weighted by atomic mass is 79.9. The highest BCUT2D eigenvalue weighted by Crippen LogP contribution is 2.36. The average molecular weight is 524 g/mol. The Kier molecular flexibility index (Phi) is 7.40. The van der Waals surface area contributed by atoms with Crippen LogP contribution in [0.1, 0.15) is 19.4 Å². The molecule has 3 rings (SSSR count). The van der Waals surface area contributed by atoms with Crippen molar-refractivity contribution in [3.8, 4) is 0 Å². The first-order valence-corrected chi connectivity index (χ1v) is 11.5. The summed E-state index contributed by atoms with van der Waals surface area (Å²) >= 11 is 10.7. The second kappa shape index (κ2) is 9.84. The predicted molar refractivity (Wildman–Crippen MR) is 131 cm³/mol. The Balaban J connectivity index is 2.02. The van der Waals surface area contributed by atoms with Crippen LogP contribution >= 0.6 is 39.3 Å². The highest BCUT2D eigenvalue weighted by Gasteiger charge is 2.31. The molecule has 31 heavy (non-hydrogen) atoms. The molecule has 1 fully saturated rings. The minimum atomic E-state index is -0.437. The lowest BCUT2D eigenvalue weighted by molar-refractivity contribution is -0.384. The number of nitro groups is 1. The van der Waals surface area contributed by atoms with E-state index in [1.54, 1.807) is 37.4 Å². The van der Waals surface area contributed by atoms with Gasteiger partial charge >= 0.3 is 0 Å². The van der Waals surface area contributed by atoms with Gasteiger partial charge in [0, 0.05) is 48.0 Å². The van der Waals surface area contributed by atoms with Crippen LogP contribution in [0.4, 0.5) is 17.1 Å². The number of hydrogen-bond acceptors (Lipinski definition) is 6. The number of halogens is 2. The number of aliphatic imine (C=N–C) groups is 1. The Morgan fingerprint density at radius 2 is 1.97 bits per heavy atom. The van der Waals surface area contributed by atoms with Crippen molar-refractivity contribution >= 4 is 73.5 Å². The lowest BCUT2D eigenvalue weighted by Crippen LogP contribution is -2.24. The van der Waals surface area contributed by atoms with Gasteiger partial charge in [-0.1, -0.05) is 11.6 Å². The zero-order valence-electron chi connectivity index (χ0n) is 17.1. The van der Waals surface area contributed by atoms with Crippen LogP contribution in [0.15, 0.2) is 50.8 Å². The zero-order valence-corrected chi connectivity index (χ0v) is 20.3. The predicted octanol–water partition coefficient (Wildman–Crippen LogP) is 6.09. The molecule has 0 bridgehead atoms. The third kappa shape index (κ3) is 5.11. The van der Waals surface area contributed by atoms with Gasteiger partial charge in [0.05, 0.1) is 20.5 Å². The maximum absolute atomic E-state index is 12.8. The summed E-state index contributed by atoms with van der Waals surface area (Å²) in [5.74, 6) is -0.219. The largest absolute Gasteiger partial charge is 0.372 e. The number of amidine groups is 1. The van der Waals surface area contributed by atoms with Crippen molar-refractivity contribution in [3.63, 3.8) is 0 Å².